The van der Waals surface area contributed by atoms with E-state index in [1.54, 1.807) is 24.3 Å². The molecule has 250 valence electrons. The smallest absolute Gasteiger partial charge is 0.303 e. The first-order valence-electron chi connectivity index (χ1n) is 14.4. The fourth-order valence-corrected chi connectivity index (χ4v) is 5.69. The van der Waals surface area contributed by atoms with Gasteiger partial charge in [0.05, 0.1) is 32.5 Å². The molecule has 2 aliphatic rings. The van der Waals surface area contributed by atoms with Gasteiger partial charge in [0.25, 0.3) is 0 Å². The Balaban J connectivity index is 1.61. The van der Waals surface area contributed by atoms with Gasteiger partial charge in [-0.3, -0.25) is 9.59 Å². The molecule has 0 amide bonds. The highest BCUT2D eigenvalue weighted by atomic mass is 16.7. The maximum Gasteiger partial charge on any atom is 0.303 e. The number of carbonyl (C=O) groups is 1. The van der Waals surface area contributed by atoms with Gasteiger partial charge < -0.3 is 63.5 Å². The quantitative estimate of drug-likeness (QED) is 0.179. The first kappa shape index (κ1) is 33.6. The normalized spacial score (nSPS) is 31.4. The van der Waals surface area contributed by atoms with E-state index in [1.165, 1.54) is 33.3 Å². The summed E-state index contributed by atoms with van der Waals surface area (Å²) in [4.78, 5) is 25.3. The van der Waals surface area contributed by atoms with E-state index in [2.05, 4.69) is 0 Å². The number of benzene rings is 2. The zero-order valence-electron chi connectivity index (χ0n) is 25.3. The Morgan fingerprint density at radius 1 is 0.913 bits per heavy atom. The molecular formula is C31H36O15. The molecule has 46 heavy (non-hydrogen) atoms. The lowest BCUT2D eigenvalue weighted by Gasteiger charge is -2.46. The predicted molar refractivity (Wildman–Crippen MR) is 156 cm³/mol. The van der Waals surface area contributed by atoms with Crippen LogP contribution in [0.2, 0.25) is 0 Å². The van der Waals surface area contributed by atoms with Crippen molar-refractivity contribution in [2.24, 2.45) is 0 Å². The minimum Gasteiger partial charge on any atom is -0.506 e. The first-order chi connectivity index (χ1) is 21.9. The number of aromatic hydroxyl groups is 1. The summed E-state index contributed by atoms with van der Waals surface area (Å²) in [6.45, 7) is 1.73. The van der Waals surface area contributed by atoms with Crippen molar-refractivity contribution < 1.29 is 68.3 Å². The van der Waals surface area contributed by atoms with Crippen molar-refractivity contribution in [2.45, 2.75) is 75.1 Å². The number of rotatable bonds is 8. The SMILES string of the molecule is COc1ccc(-c2cc(=O)c3c(O)c([C@@H]4OC(CO)[C@@H](O)[C@H](O)C4O[C@@H]4OC(C)[C@H](O)[C@H](O)C4OC(C)=O)c(OC)cc3o2)cc1. The van der Waals surface area contributed by atoms with E-state index in [0.717, 1.165) is 6.92 Å². The van der Waals surface area contributed by atoms with E-state index in [9.17, 15) is 40.2 Å². The van der Waals surface area contributed by atoms with Gasteiger partial charge in [-0.15, -0.1) is 0 Å². The molecule has 10 atom stereocenters. The van der Waals surface area contributed by atoms with Gasteiger partial charge in [-0.25, -0.2) is 0 Å². The second kappa shape index (κ2) is 13.5. The van der Waals surface area contributed by atoms with Crippen LogP contribution in [-0.4, -0.2) is 113 Å². The van der Waals surface area contributed by atoms with Crippen molar-refractivity contribution in [2.75, 3.05) is 20.8 Å². The number of methoxy groups -OCH3 is 2. The van der Waals surface area contributed by atoms with Gasteiger partial charge in [-0.1, -0.05) is 0 Å². The van der Waals surface area contributed by atoms with Crippen molar-refractivity contribution in [3.05, 3.63) is 52.2 Å². The third kappa shape index (κ3) is 6.15. The van der Waals surface area contributed by atoms with Crippen molar-refractivity contribution in [3.63, 3.8) is 0 Å². The van der Waals surface area contributed by atoms with E-state index in [-0.39, 0.29) is 28.0 Å². The molecule has 0 radical (unpaired) electrons. The number of phenolic OH excluding ortho intramolecular Hbond substituents is 1. The minimum absolute atomic E-state index is 0.0551. The van der Waals surface area contributed by atoms with E-state index >= 15 is 0 Å². The highest BCUT2D eigenvalue weighted by Gasteiger charge is 2.52. The van der Waals surface area contributed by atoms with Gasteiger partial charge in [0.1, 0.15) is 76.7 Å². The summed E-state index contributed by atoms with van der Waals surface area (Å²) in [7, 11) is 2.78. The lowest BCUT2D eigenvalue weighted by Crippen LogP contribution is -2.62. The number of aliphatic hydroxyl groups excluding tert-OH is 5. The van der Waals surface area contributed by atoms with Gasteiger partial charge in [-0.05, 0) is 31.2 Å². The molecule has 5 rings (SSSR count). The Labute approximate surface area is 262 Å². The van der Waals surface area contributed by atoms with Crippen LogP contribution in [0.1, 0.15) is 25.5 Å². The molecule has 2 saturated heterocycles. The highest BCUT2D eigenvalue weighted by Crippen LogP contribution is 2.46. The summed E-state index contributed by atoms with van der Waals surface area (Å²) in [5.41, 5.74) is -0.356. The Kier molecular flexibility index (Phi) is 9.86. The van der Waals surface area contributed by atoms with E-state index in [4.69, 9.17) is 32.8 Å². The second-order valence-electron chi connectivity index (χ2n) is 11.0. The number of esters is 1. The van der Waals surface area contributed by atoms with Gasteiger partial charge in [0.2, 0.25) is 0 Å². The highest BCUT2D eigenvalue weighted by molar-refractivity contribution is 5.88. The molecule has 2 aromatic carbocycles. The van der Waals surface area contributed by atoms with Crippen molar-refractivity contribution in [1.82, 2.24) is 0 Å². The number of carbonyl (C=O) groups excluding carboxylic acids is 1. The maximum atomic E-state index is 13.4. The molecule has 4 unspecified atom stereocenters. The number of fused-ring (bicyclic) bond motifs is 1. The summed E-state index contributed by atoms with van der Waals surface area (Å²) in [5, 5.41) is 64.2. The van der Waals surface area contributed by atoms with Crippen LogP contribution >= 0.6 is 0 Å². The third-order valence-corrected chi connectivity index (χ3v) is 8.12. The molecular weight excluding hydrogens is 612 g/mol. The first-order valence-corrected chi connectivity index (χ1v) is 14.4. The predicted octanol–water partition coefficient (Wildman–Crippen LogP) is 0.120. The van der Waals surface area contributed by atoms with E-state index in [1.807, 2.05) is 0 Å². The monoisotopic (exact) mass is 648 g/mol. The number of aliphatic hydroxyl groups is 5. The molecule has 0 spiro atoms. The number of ether oxygens (including phenoxy) is 6. The molecule has 0 saturated carbocycles. The number of hydrogen-bond acceptors (Lipinski definition) is 15. The molecule has 3 aromatic rings. The Bertz CT molecular complexity index is 1600. The maximum absolute atomic E-state index is 13.4. The van der Waals surface area contributed by atoms with Gasteiger partial charge >= 0.3 is 5.97 Å². The summed E-state index contributed by atoms with van der Waals surface area (Å²) >= 11 is 0. The van der Waals surface area contributed by atoms with Gasteiger partial charge in [0.15, 0.2) is 17.8 Å². The van der Waals surface area contributed by atoms with Crippen LogP contribution in [0.25, 0.3) is 22.3 Å². The average Bonchev–Trinajstić information content (AvgIpc) is 3.03. The molecule has 3 heterocycles. The standard InChI is InChI=1S/C31H36O15/c1-12-23(35)26(38)30(43-13(2)33)31(42-12)46-29-27(39)24(36)20(11-32)45-28(29)22-18(41-4)10-19-21(25(22)37)16(34)9-17(44-19)14-5-7-15(40-3)8-6-14/h5-10,12,20,23-24,26-32,35-39H,11H2,1-4H3/t12?,20?,23-,24+,26-,27-,28-,29?,30?,31-/m0/s1. The Hall–Kier alpha value is -3.80. The molecule has 15 heteroatoms. The van der Waals surface area contributed by atoms with Gasteiger partial charge in [0, 0.05) is 24.6 Å². The summed E-state index contributed by atoms with van der Waals surface area (Å²) in [6, 6.07) is 9.23. The van der Waals surface area contributed by atoms with Crippen LogP contribution in [0.4, 0.5) is 0 Å². The van der Waals surface area contributed by atoms with Crippen LogP contribution in [-0.2, 0) is 23.7 Å². The van der Waals surface area contributed by atoms with Crippen LogP contribution in [0.3, 0.4) is 0 Å². The summed E-state index contributed by atoms with van der Waals surface area (Å²) in [6.07, 6.45) is -15.5. The third-order valence-electron chi connectivity index (χ3n) is 8.12. The zero-order valence-corrected chi connectivity index (χ0v) is 25.3. The van der Waals surface area contributed by atoms with Crippen molar-refractivity contribution in [3.8, 4) is 28.6 Å². The van der Waals surface area contributed by atoms with E-state index < -0.39 is 85.0 Å². The molecule has 2 fully saturated rings. The average molecular weight is 649 g/mol. The Morgan fingerprint density at radius 3 is 2.20 bits per heavy atom. The molecule has 2 aliphatic heterocycles. The lowest BCUT2D eigenvalue weighted by molar-refractivity contribution is -0.339. The number of hydrogen-bond donors (Lipinski definition) is 6. The van der Waals surface area contributed by atoms with E-state index in [0.29, 0.717) is 11.3 Å². The molecule has 6 N–H and O–H groups in total. The number of phenols is 1. The summed E-state index contributed by atoms with van der Waals surface area (Å²) < 4.78 is 39.5. The largest absolute Gasteiger partial charge is 0.506 e. The van der Waals surface area contributed by atoms with Crippen LogP contribution in [0.5, 0.6) is 17.2 Å². The topological polar surface area (TPSA) is 224 Å². The van der Waals surface area contributed by atoms with Gasteiger partial charge in [-0.2, -0.15) is 0 Å². The fraction of sp³-hybridized carbons (Fsp3) is 0.484. The fourth-order valence-electron chi connectivity index (χ4n) is 5.69. The minimum atomic E-state index is -1.83. The Morgan fingerprint density at radius 2 is 1.59 bits per heavy atom. The van der Waals surface area contributed by atoms with Crippen LogP contribution in [0.15, 0.2) is 45.6 Å². The van der Waals surface area contributed by atoms with Crippen LogP contribution in [0, 0.1) is 0 Å². The van der Waals surface area contributed by atoms with Crippen molar-refractivity contribution in [1.29, 1.82) is 0 Å². The lowest BCUT2D eigenvalue weighted by atomic mass is 9.89. The van der Waals surface area contributed by atoms with Crippen LogP contribution < -0.4 is 14.9 Å². The zero-order chi connectivity index (χ0) is 33.4. The second-order valence-corrected chi connectivity index (χ2v) is 11.0. The van der Waals surface area contributed by atoms with Crippen molar-refractivity contribution >= 4 is 16.9 Å². The molecule has 1 aromatic heterocycles. The molecule has 0 aliphatic carbocycles. The summed E-state index contributed by atoms with van der Waals surface area (Å²) in [5.74, 6) is -0.803. The molecule has 15 nitrogen and oxygen atoms in total. The molecule has 0 bridgehead atoms.